The summed E-state index contributed by atoms with van der Waals surface area (Å²) in [5.74, 6) is 0.855. The van der Waals surface area contributed by atoms with E-state index in [1.807, 2.05) is 0 Å². The molecule has 0 amide bonds. The van der Waals surface area contributed by atoms with E-state index in [1.165, 1.54) is 0 Å². The number of aliphatic hydroxyl groups excluding tert-OH is 2. The molecule has 5 heteroatoms. The van der Waals surface area contributed by atoms with Crippen LogP contribution in [0.2, 0.25) is 0 Å². The van der Waals surface area contributed by atoms with Gasteiger partial charge in [0.25, 0.3) is 0 Å². The molecule has 0 aromatic heterocycles. The molecule has 10 atom stereocenters. The van der Waals surface area contributed by atoms with Crippen molar-refractivity contribution in [1.82, 2.24) is 0 Å². The molecule has 3 N–H and O–H groups in total. The van der Waals surface area contributed by atoms with Gasteiger partial charge in [-0.2, -0.15) is 0 Å². The maximum absolute atomic E-state index is 13.6. The first-order valence-corrected chi connectivity index (χ1v) is 11.7. The van der Waals surface area contributed by atoms with E-state index in [2.05, 4.69) is 20.8 Å². The largest absolute Gasteiger partial charge is 0.481 e. The van der Waals surface area contributed by atoms with Crippen molar-refractivity contribution in [2.24, 2.45) is 46.3 Å². The fourth-order valence-electron chi connectivity index (χ4n) is 8.41. The van der Waals surface area contributed by atoms with E-state index in [0.717, 1.165) is 38.5 Å². The van der Waals surface area contributed by atoms with E-state index in [1.54, 1.807) is 0 Å². The van der Waals surface area contributed by atoms with E-state index < -0.39 is 17.5 Å². The number of hydrogen-bond donors (Lipinski definition) is 3. The molecule has 29 heavy (non-hydrogen) atoms. The SMILES string of the molecule is CC(CCC(=O)O)[C@H]1CCC2C3C(CC(=O)[C@@]21C)[C@@]1(C)CC[C@@H](O)C[C@H]1C[C@H]3O. The highest BCUT2D eigenvalue weighted by Gasteiger charge is 2.65. The Hall–Kier alpha value is -0.940. The molecule has 0 aromatic carbocycles. The zero-order valence-electron chi connectivity index (χ0n) is 18.1. The van der Waals surface area contributed by atoms with Gasteiger partial charge >= 0.3 is 5.97 Å². The number of carbonyl (C=O) groups excluding carboxylic acids is 1. The molecular weight excluding hydrogens is 368 g/mol. The predicted octanol–water partition coefficient (Wildman–Crippen LogP) is 3.66. The minimum Gasteiger partial charge on any atom is -0.481 e. The topological polar surface area (TPSA) is 94.8 Å². The number of rotatable bonds is 4. The number of carboxylic acids is 1. The van der Waals surface area contributed by atoms with Crippen molar-refractivity contribution in [3.8, 4) is 0 Å². The molecule has 0 radical (unpaired) electrons. The van der Waals surface area contributed by atoms with Crippen LogP contribution in [0.5, 0.6) is 0 Å². The Morgan fingerprint density at radius 3 is 2.55 bits per heavy atom. The molecule has 4 rings (SSSR count). The Kier molecular flexibility index (Phi) is 5.39. The minimum atomic E-state index is -0.771. The molecule has 4 saturated carbocycles. The van der Waals surface area contributed by atoms with Crippen molar-refractivity contribution in [1.29, 1.82) is 0 Å². The van der Waals surface area contributed by atoms with Crippen LogP contribution >= 0.6 is 0 Å². The highest BCUT2D eigenvalue weighted by Crippen LogP contribution is 2.67. The number of carbonyl (C=O) groups is 2. The van der Waals surface area contributed by atoms with Crippen molar-refractivity contribution in [3.05, 3.63) is 0 Å². The van der Waals surface area contributed by atoms with Crippen LogP contribution in [0.25, 0.3) is 0 Å². The van der Waals surface area contributed by atoms with Gasteiger partial charge in [0.2, 0.25) is 0 Å². The average molecular weight is 407 g/mol. The highest BCUT2D eigenvalue weighted by atomic mass is 16.4. The van der Waals surface area contributed by atoms with Crippen LogP contribution in [0.3, 0.4) is 0 Å². The predicted molar refractivity (Wildman–Crippen MR) is 109 cm³/mol. The molecule has 0 spiro atoms. The number of ketones is 1. The van der Waals surface area contributed by atoms with Crippen LogP contribution in [-0.4, -0.2) is 39.3 Å². The van der Waals surface area contributed by atoms with Gasteiger partial charge in [0.15, 0.2) is 0 Å². The van der Waals surface area contributed by atoms with Crippen LogP contribution < -0.4 is 0 Å². The molecule has 0 bridgehead atoms. The Labute approximate surface area is 174 Å². The molecule has 4 aliphatic carbocycles. The molecule has 0 aromatic rings. The van der Waals surface area contributed by atoms with Gasteiger partial charge in [0.1, 0.15) is 5.78 Å². The summed E-state index contributed by atoms with van der Waals surface area (Å²) in [4.78, 5) is 24.7. The van der Waals surface area contributed by atoms with Crippen molar-refractivity contribution < 1.29 is 24.9 Å². The smallest absolute Gasteiger partial charge is 0.303 e. The summed E-state index contributed by atoms with van der Waals surface area (Å²) >= 11 is 0. The Morgan fingerprint density at radius 2 is 1.86 bits per heavy atom. The molecule has 5 nitrogen and oxygen atoms in total. The van der Waals surface area contributed by atoms with Gasteiger partial charge in [-0.1, -0.05) is 20.8 Å². The number of aliphatic hydroxyl groups is 2. The molecule has 0 aliphatic heterocycles. The molecule has 4 fully saturated rings. The summed E-state index contributed by atoms with van der Waals surface area (Å²) in [7, 11) is 0. The standard InChI is InChI=1S/C24H38O5/c1-13(4-7-21(28)29)16-5-6-17-22-18(12-20(27)24(16,17)3)23(2)9-8-15(25)10-14(23)11-19(22)26/h13-19,22,25-26H,4-12H2,1-3H3,(H,28,29)/t13?,14-,15+,16+,17?,18?,19+,22?,23-,24+/m0/s1. The lowest BCUT2D eigenvalue weighted by Crippen LogP contribution is -2.61. The third-order valence-electron chi connectivity index (χ3n) is 10.1. The van der Waals surface area contributed by atoms with Crippen LogP contribution in [0.15, 0.2) is 0 Å². The normalized spacial score (nSPS) is 50.4. The van der Waals surface area contributed by atoms with Gasteiger partial charge in [-0.05, 0) is 85.9 Å². The van der Waals surface area contributed by atoms with Gasteiger partial charge in [0, 0.05) is 18.3 Å². The monoisotopic (exact) mass is 406 g/mol. The zero-order valence-corrected chi connectivity index (χ0v) is 18.1. The minimum absolute atomic E-state index is 0.0348. The zero-order chi connectivity index (χ0) is 21.1. The number of aliphatic carboxylic acids is 1. The summed E-state index contributed by atoms with van der Waals surface area (Å²) < 4.78 is 0. The highest BCUT2D eigenvalue weighted by molar-refractivity contribution is 5.87. The Bertz CT molecular complexity index is 676. The Morgan fingerprint density at radius 1 is 1.14 bits per heavy atom. The van der Waals surface area contributed by atoms with Crippen molar-refractivity contribution in [2.75, 3.05) is 0 Å². The van der Waals surface area contributed by atoms with Gasteiger partial charge in [-0.25, -0.2) is 0 Å². The van der Waals surface area contributed by atoms with E-state index in [-0.39, 0.29) is 47.5 Å². The van der Waals surface area contributed by atoms with Crippen LogP contribution in [0, 0.1) is 46.3 Å². The lowest BCUT2D eigenvalue weighted by Gasteiger charge is -2.61. The van der Waals surface area contributed by atoms with E-state index in [9.17, 15) is 19.8 Å². The number of Topliss-reactive ketones (excluding diaryl/α,β-unsaturated/α-hetero) is 1. The molecule has 4 aliphatic rings. The fraction of sp³-hybridized carbons (Fsp3) is 0.917. The first-order chi connectivity index (χ1) is 13.6. The van der Waals surface area contributed by atoms with Crippen molar-refractivity contribution in [3.63, 3.8) is 0 Å². The Balaban J connectivity index is 1.62. The second-order valence-corrected chi connectivity index (χ2v) is 11.2. The van der Waals surface area contributed by atoms with Crippen molar-refractivity contribution in [2.45, 2.75) is 90.8 Å². The quantitative estimate of drug-likeness (QED) is 0.662. The molecule has 164 valence electrons. The van der Waals surface area contributed by atoms with Crippen LogP contribution in [0.1, 0.15) is 78.6 Å². The van der Waals surface area contributed by atoms with Gasteiger partial charge < -0.3 is 15.3 Å². The average Bonchev–Trinajstić information content (AvgIpc) is 3.01. The number of fused-ring (bicyclic) bond motifs is 5. The second kappa shape index (κ2) is 7.33. The van der Waals surface area contributed by atoms with Gasteiger partial charge in [-0.15, -0.1) is 0 Å². The van der Waals surface area contributed by atoms with Crippen LogP contribution in [-0.2, 0) is 9.59 Å². The lowest BCUT2D eigenvalue weighted by molar-refractivity contribution is -0.181. The molecule has 0 heterocycles. The van der Waals surface area contributed by atoms with E-state index in [0.29, 0.717) is 24.5 Å². The van der Waals surface area contributed by atoms with Gasteiger partial charge in [-0.3, -0.25) is 9.59 Å². The molecular formula is C24H38O5. The third kappa shape index (κ3) is 3.18. The summed E-state index contributed by atoms with van der Waals surface area (Å²) in [6.45, 7) is 6.54. The first kappa shape index (κ1) is 21.3. The molecule has 0 saturated heterocycles. The first-order valence-electron chi connectivity index (χ1n) is 11.7. The number of carboxylic acid groups (broad SMARTS) is 1. The van der Waals surface area contributed by atoms with Gasteiger partial charge in [0.05, 0.1) is 12.2 Å². The van der Waals surface area contributed by atoms with E-state index >= 15 is 0 Å². The lowest BCUT2D eigenvalue weighted by atomic mass is 9.43. The van der Waals surface area contributed by atoms with Crippen LogP contribution in [0.4, 0.5) is 0 Å². The third-order valence-corrected chi connectivity index (χ3v) is 10.1. The number of hydrogen-bond acceptors (Lipinski definition) is 4. The summed E-state index contributed by atoms with van der Waals surface area (Å²) in [6.07, 6.45) is 5.82. The second-order valence-electron chi connectivity index (χ2n) is 11.2. The summed E-state index contributed by atoms with van der Waals surface area (Å²) in [5.41, 5.74) is -0.398. The summed E-state index contributed by atoms with van der Waals surface area (Å²) in [6, 6.07) is 0. The maximum Gasteiger partial charge on any atom is 0.303 e. The fourth-order valence-corrected chi connectivity index (χ4v) is 8.41. The van der Waals surface area contributed by atoms with E-state index in [4.69, 9.17) is 5.11 Å². The molecule has 4 unspecified atom stereocenters. The maximum atomic E-state index is 13.6. The van der Waals surface area contributed by atoms with Crippen molar-refractivity contribution >= 4 is 11.8 Å². The summed E-state index contributed by atoms with van der Waals surface area (Å²) in [5, 5.41) is 30.5.